The highest BCUT2D eigenvalue weighted by molar-refractivity contribution is 7.91. The molecule has 0 bridgehead atoms. The van der Waals surface area contributed by atoms with E-state index in [1.54, 1.807) is 43.3 Å². The summed E-state index contributed by atoms with van der Waals surface area (Å²) in [7, 11) is -1.99. The minimum absolute atomic E-state index is 0.00399. The minimum atomic E-state index is -4.43. The number of sulfone groups is 1. The van der Waals surface area contributed by atoms with Crippen molar-refractivity contribution >= 4 is 27.3 Å². The molecule has 0 saturated carbocycles. The maximum atomic E-state index is 13.0. The summed E-state index contributed by atoms with van der Waals surface area (Å²) in [4.78, 5) is 32.4. The van der Waals surface area contributed by atoms with E-state index in [2.05, 4.69) is 10.8 Å². The fourth-order valence-corrected chi connectivity index (χ4v) is 5.68. The van der Waals surface area contributed by atoms with Crippen molar-refractivity contribution in [3.8, 4) is 0 Å². The molecular formula is C29H30F3N3O5S. The Morgan fingerprint density at radius 1 is 0.976 bits per heavy atom. The van der Waals surface area contributed by atoms with E-state index in [1.165, 1.54) is 31.4 Å². The zero-order chi connectivity index (χ0) is 29.8. The van der Waals surface area contributed by atoms with Gasteiger partial charge in [0.1, 0.15) is 6.04 Å². The number of alkyl halides is 3. The van der Waals surface area contributed by atoms with Gasteiger partial charge in [0, 0.05) is 30.3 Å². The molecule has 2 atom stereocenters. The average molecular weight is 590 g/mol. The summed E-state index contributed by atoms with van der Waals surface area (Å²) in [5.41, 5.74) is 4.08. The van der Waals surface area contributed by atoms with E-state index < -0.39 is 27.6 Å². The summed E-state index contributed by atoms with van der Waals surface area (Å²) < 4.78 is 62.9. The van der Waals surface area contributed by atoms with Crippen LogP contribution in [0.5, 0.6) is 0 Å². The van der Waals surface area contributed by atoms with Gasteiger partial charge in [-0.3, -0.25) is 14.4 Å². The van der Waals surface area contributed by atoms with Crippen LogP contribution in [0.15, 0.2) is 77.7 Å². The van der Waals surface area contributed by atoms with Crippen molar-refractivity contribution < 1.29 is 36.0 Å². The van der Waals surface area contributed by atoms with Gasteiger partial charge in [0.15, 0.2) is 9.84 Å². The second-order valence-corrected chi connectivity index (χ2v) is 11.9. The number of amides is 2. The van der Waals surface area contributed by atoms with Crippen LogP contribution in [-0.4, -0.2) is 45.7 Å². The molecular weight excluding hydrogens is 559 g/mol. The van der Waals surface area contributed by atoms with Crippen molar-refractivity contribution in [2.75, 3.05) is 24.3 Å². The molecule has 41 heavy (non-hydrogen) atoms. The van der Waals surface area contributed by atoms with E-state index in [1.807, 2.05) is 4.90 Å². The quantitative estimate of drug-likeness (QED) is 0.357. The van der Waals surface area contributed by atoms with Crippen LogP contribution in [0.1, 0.15) is 46.3 Å². The van der Waals surface area contributed by atoms with Gasteiger partial charge in [-0.05, 0) is 66.1 Å². The number of nitrogens with one attached hydrogen (secondary N) is 2. The van der Waals surface area contributed by atoms with Gasteiger partial charge < -0.3 is 10.2 Å². The van der Waals surface area contributed by atoms with Gasteiger partial charge in [-0.25, -0.2) is 13.9 Å². The first-order valence-corrected chi connectivity index (χ1v) is 14.5. The van der Waals surface area contributed by atoms with Gasteiger partial charge in [0.2, 0.25) is 0 Å². The molecule has 3 aromatic rings. The van der Waals surface area contributed by atoms with E-state index in [-0.39, 0.29) is 34.9 Å². The SMILES string of the molecule is CCS(=O)(=O)c1ccc(CNC(=O)c2ccc(N3CC(c4ccc(C(F)(F)F)cc4)C[C@H]3C(=O)NOC)cc2)cc1. The molecule has 0 radical (unpaired) electrons. The Bertz CT molecular complexity index is 1480. The Morgan fingerprint density at radius 2 is 1.61 bits per heavy atom. The number of carbonyl (C=O) groups is 2. The average Bonchev–Trinajstić information content (AvgIpc) is 3.42. The molecule has 8 nitrogen and oxygen atoms in total. The normalized spacial score (nSPS) is 17.3. The van der Waals surface area contributed by atoms with E-state index in [9.17, 15) is 31.2 Å². The van der Waals surface area contributed by atoms with Crippen LogP contribution in [-0.2, 0) is 32.2 Å². The number of benzene rings is 3. The molecule has 4 rings (SSSR count). The van der Waals surface area contributed by atoms with Crippen molar-refractivity contribution in [3.05, 3.63) is 95.1 Å². The third-order valence-corrected chi connectivity index (χ3v) is 8.84. The molecule has 2 amide bonds. The number of anilines is 1. The lowest BCUT2D eigenvalue weighted by molar-refractivity contribution is -0.137. The fraction of sp³-hybridized carbons (Fsp3) is 0.310. The highest BCUT2D eigenvalue weighted by atomic mass is 32.2. The number of halogens is 3. The third kappa shape index (κ3) is 7.06. The van der Waals surface area contributed by atoms with Crippen LogP contribution < -0.4 is 15.7 Å². The molecule has 2 N–H and O–H groups in total. The monoisotopic (exact) mass is 589 g/mol. The maximum absolute atomic E-state index is 13.0. The zero-order valence-electron chi connectivity index (χ0n) is 22.4. The summed E-state index contributed by atoms with van der Waals surface area (Å²) in [5.74, 6) is -0.920. The smallest absolute Gasteiger partial charge is 0.359 e. The summed E-state index contributed by atoms with van der Waals surface area (Å²) >= 11 is 0. The second kappa shape index (κ2) is 12.3. The van der Waals surface area contributed by atoms with Gasteiger partial charge in [-0.2, -0.15) is 13.2 Å². The molecule has 218 valence electrons. The Labute approximate surface area is 236 Å². The van der Waals surface area contributed by atoms with E-state index in [0.29, 0.717) is 29.8 Å². The predicted octanol–water partition coefficient (Wildman–Crippen LogP) is 4.47. The summed E-state index contributed by atoms with van der Waals surface area (Å²) in [6, 6.07) is 17.3. The van der Waals surface area contributed by atoms with Crippen molar-refractivity contribution in [1.82, 2.24) is 10.8 Å². The molecule has 3 aromatic carbocycles. The van der Waals surface area contributed by atoms with Crippen LogP contribution in [0.3, 0.4) is 0 Å². The van der Waals surface area contributed by atoms with Gasteiger partial charge in [0.05, 0.1) is 23.3 Å². The number of hydroxylamine groups is 1. The van der Waals surface area contributed by atoms with Gasteiger partial charge in [-0.15, -0.1) is 0 Å². The molecule has 12 heteroatoms. The van der Waals surface area contributed by atoms with Gasteiger partial charge in [-0.1, -0.05) is 31.2 Å². The van der Waals surface area contributed by atoms with E-state index >= 15 is 0 Å². The highest BCUT2D eigenvalue weighted by Gasteiger charge is 2.38. The lowest BCUT2D eigenvalue weighted by atomic mass is 9.95. The topological polar surface area (TPSA) is 105 Å². The summed E-state index contributed by atoms with van der Waals surface area (Å²) in [6.45, 7) is 2.15. The Morgan fingerprint density at radius 3 is 2.17 bits per heavy atom. The highest BCUT2D eigenvalue weighted by Crippen LogP contribution is 2.37. The number of carbonyl (C=O) groups excluding carboxylic acids is 2. The van der Waals surface area contributed by atoms with Crippen molar-refractivity contribution in [2.24, 2.45) is 0 Å². The van der Waals surface area contributed by atoms with E-state index in [0.717, 1.165) is 17.7 Å². The molecule has 1 fully saturated rings. The first-order valence-electron chi connectivity index (χ1n) is 12.9. The number of nitrogens with zero attached hydrogens (tertiary/aromatic N) is 1. The van der Waals surface area contributed by atoms with Crippen molar-refractivity contribution in [1.29, 1.82) is 0 Å². The molecule has 0 aromatic heterocycles. The van der Waals surface area contributed by atoms with Crippen LogP contribution in [0.25, 0.3) is 0 Å². The van der Waals surface area contributed by atoms with Crippen LogP contribution in [0.2, 0.25) is 0 Å². The first-order chi connectivity index (χ1) is 19.4. The molecule has 0 aliphatic carbocycles. The molecule has 1 saturated heterocycles. The standard InChI is InChI=1S/C29H30F3N3O5S/c1-3-41(38,39)25-14-4-19(5-15-25)17-33-27(36)21-8-12-24(13-9-21)35-18-22(16-26(35)28(37)34-40-2)20-6-10-23(11-7-20)29(30,31)32/h4-15,22,26H,3,16-18H2,1-2H3,(H,33,36)(H,34,37)/t22?,26-/m0/s1. The molecule has 1 heterocycles. The Kier molecular flexibility index (Phi) is 9.03. The molecule has 1 aliphatic heterocycles. The number of hydrogen-bond acceptors (Lipinski definition) is 6. The third-order valence-electron chi connectivity index (χ3n) is 7.09. The van der Waals surface area contributed by atoms with Crippen molar-refractivity contribution in [2.45, 2.75) is 42.9 Å². The second-order valence-electron chi connectivity index (χ2n) is 9.67. The van der Waals surface area contributed by atoms with Crippen LogP contribution >= 0.6 is 0 Å². The van der Waals surface area contributed by atoms with Crippen LogP contribution in [0, 0.1) is 0 Å². The number of hydrogen-bond donors (Lipinski definition) is 2. The largest absolute Gasteiger partial charge is 0.416 e. The molecule has 1 unspecified atom stereocenters. The lowest BCUT2D eigenvalue weighted by Crippen LogP contribution is -2.43. The minimum Gasteiger partial charge on any atom is -0.359 e. The van der Waals surface area contributed by atoms with Gasteiger partial charge in [0.25, 0.3) is 11.8 Å². The molecule has 0 spiro atoms. The summed E-state index contributed by atoms with van der Waals surface area (Å²) in [5, 5.41) is 2.80. The first kappa shape index (κ1) is 30.1. The predicted molar refractivity (Wildman–Crippen MR) is 147 cm³/mol. The summed E-state index contributed by atoms with van der Waals surface area (Å²) in [6.07, 6.45) is -4.07. The fourth-order valence-electron chi connectivity index (χ4n) is 4.79. The van der Waals surface area contributed by atoms with Gasteiger partial charge >= 0.3 is 6.18 Å². The van der Waals surface area contributed by atoms with Crippen LogP contribution in [0.4, 0.5) is 18.9 Å². The van der Waals surface area contributed by atoms with Crippen molar-refractivity contribution in [3.63, 3.8) is 0 Å². The zero-order valence-corrected chi connectivity index (χ0v) is 23.3. The lowest BCUT2D eigenvalue weighted by Gasteiger charge is -2.25. The Balaban J connectivity index is 1.44. The molecule has 1 aliphatic rings. The van der Waals surface area contributed by atoms with E-state index in [4.69, 9.17) is 4.84 Å². The maximum Gasteiger partial charge on any atom is 0.416 e. The Hall–Kier alpha value is -3.90. The number of rotatable bonds is 9.